The molecule has 1 heterocycles. The van der Waals surface area contributed by atoms with Crippen LogP contribution in [-0.4, -0.2) is 22.6 Å². The number of carbonyl (C=O) groups excluding carboxylic acids is 1. The lowest BCUT2D eigenvalue weighted by Crippen LogP contribution is -2.04. The fraction of sp³-hybridized carbons (Fsp3) is 0.273. The van der Waals surface area contributed by atoms with E-state index in [0.29, 0.717) is 5.56 Å². The molecule has 2 rings (SSSR count). The molecule has 0 fully saturated rings. The Morgan fingerprint density at radius 2 is 2.20 bits per heavy atom. The fourth-order valence-electron chi connectivity index (χ4n) is 1.68. The second-order valence-electron chi connectivity index (χ2n) is 3.47. The molecule has 0 aliphatic carbocycles. The van der Waals surface area contributed by atoms with Crippen molar-refractivity contribution in [3.05, 3.63) is 29.6 Å². The zero-order chi connectivity index (χ0) is 11.0. The molecule has 0 bridgehead atoms. The molecule has 4 heteroatoms. The zero-order valence-corrected chi connectivity index (χ0v) is 8.94. The van der Waals surface area contributed by atoms with Gasteiger partial charge in [-0.25, -0.2) is 9.78 Å². The summed E-state index contributed by atoms with van der Waals surface area (Å²) >= 11 is 0. The molecule has 0 amide bonds. The summed E-state index contributed by atoms with van der Waals surface area (Å²) in [5, 5.41) is 0. The lowest BCUT2D eigenvalue weighted by Gasteiger charge is -2.04. The van der Waals surface area contributed by atoms with Gasteiger partial charge in [-0.1, -0.05) is 6.07 Å². The van der Waals surface area contributed by atoms with Crippen molar-refractivity contribution in [3.8, 4) is 0 Å². The number of rotatable bonds is 1. The third kappa shape index (κ3) is 1.38. The van der Waals surface area contributed by atoms with Crippen LogP contribution in [0.4, 0.5) is 0 Å². The second kappa shape index (κ2) is 3.38. The van der Waals surface area contributed by atoms with Crippen molar-refractivity contribution in [3.63, 3.8) is 0 Å². The largest absolute Gasteiger partial charge is 0.465 e. The van der Waals surface area contributed by atoms with Gasteiger partial charge in [-0.15, -0.1) is 0 Å². The maximum Gasteiger partial charge on any atom is 0.340 e. The van der Waals surface area contributed by atoms with E-state index in [-0.39, 0.29) is 5.97 Å². The number of benzene rings is 1. The molecule has 0 unspecified atom stereocenters. The molecule has 78 valence electrons. The predicted octanol–water partition coefficient (Wildman–Crippen LogP) is 1.67. The third-order valence-electron chi connectivity index (χ3n) is 2.47. The number of carbonyl (C=O) groups is 1. The number of hydrogen-bond acceptors (Lipinski definition) is 3. The Morgan fingerprint density at radius 3 is 2.87 bits per heavy atom. The van der Waals surface area contributed by atoms with Crippen LogP contribution < -0.4 is 0 Å². The molecule has 0 aliphatic rings. The maximum absolute atomic E-state index is 11.5. The molecule has 1 aromatic heterocycles. The molecule has 0 N–H and O–H groups in total. The van der Waals surface area contributed by atoms with E-state index < -0.39 is 0 Å². The number of hydrogen-bond donors (Lipinski definition) is 0. The molecule has 2 aromatic rings. The highest BCUT2D eigenvalue weighted by atomic mass is 16.5. The first-order valence-electron chi connectivity index (χ1n) is 4.64. The molecule has 15 heavy (non-hydrogen) atoms. The summed E-state index contributed by atoms with van der Waals surface area (Å²) in [7, 11) is 3.24. The van der Waals surface area contributed by atoms with Gasteiger partial charge in [0.1, 0.15) is 0 Å². The highest BCUT2D eigenvalue weighted by Crippen LogP contribution is 2.21. The normalized spacial score (nSPS) is 10.6. The average Bonchev–Trinajstić information content (AvgIpc) is 2.62. The van der Waals surface area contributed by atoms with Gasteiger partial charge in [-0.2, -0.15) is 0 Å². The summed E-state index contributed by atoms with van der Waals surface area (Å²) < 4.78 is 6.56. The van der Waals surface area contributed by atoms with Crippen molar-refractivity contribution in [2.24, 2.45) is 7.05 Å². The van der Waals surface area contributed by atoms with Crippen LogP contribution >= 0.6 is 0 Å². The van der Waals surface area contributed by atoms with E-state index in [1.54, 1.807) is 12.4 Å². The Balaban J connectivity index is 2.81. The SMILES string of the molecule is COC(=O)c1ccc(C)c2ncn(C)c12. The fourth-order valence-corrected chi connectivity index (χ4v) is 1.68. The van der Waals surface area contributed by atoms with Crippen molar-refractivity contribution in [1.82, 2.24) is 9.55 Å². The first kappa shape index (κ1) is 9.71. The summed E-state index contributed by atoms with van der Waals surface area (Å²) in [4.78, 5) is 15.8. The Hall–Kier alpha value is -1.84. The lowest BCUT2D eigenvalue weighted by atomic mass is 10.1. The number of fused-ring (bicyclic) bond motifs is 1. The van der Waals surface area contributed by atoms with Crippen molar-refractivity contribution >= 4 is 17.0 Å². The summed E-state index contributed by atoms with van der Waals surface area (Å²) in [5.41, 5.74) is 3.28. The van der Waals surface area contributed by atoms with Crippen molar-refractivity contribution in [1.29, 1.82) is 0 Å². The number of imidazole rings is 1. The van der Waals surface area contributed by atoms with Gasteiger partial charge in [-0.05, 0) is 18.6 Å². The van der Waals surface area contributed by atoms with Crippen LogP contribution in [0.2, 0.25) is 0 Å². The van der Waals surface area contributed by atoms with E-state index >= 15 is 0 Å². The molecular formula is C11H12N2O2. The highest BCUT2D eigenvalue weighted by molar-refractivity contribution is 6.02. The molecular weight excluding hydrogens is 192 g/mol. The van der Waals surface area contributed by atoms with E-state index in [2.05, 4.69) is 4.98 Å². The standard InChI is InChI=1S/C11H12N2O2/c1-7-4-5-8(11(14)15-3)10-9(7)12-6-13(10)2/h4-6H,1-3H3. The molecule has 4 nitrogen and oxygen atoms in total. The number of methoxy groups -OCH3 is 1. The molecule has 0 aliphatic heterocycles. The zero-order valence-electron chi connectivity index (χ0n) is 8.94. The number of nitrogens with zero attached hydrogens (tertiary/aromatic N) is 2. The minimum Gasteiger partial charge on any atom is -0.465 e. The summed E-state index contributed by atoms with van der Waals surface area (Å²) in [5.74, 6) is -0.330. The van der Waals surface area contributed by atoms with E-state index in [4.69, 9.17) is 4.74 Å². The Bertz CT molecular complexity index is 529. The topological polar surface area (TPSA) is 44.1 Å². The van der Waals surface area contributed by atoms with Crippen LogP contribution in [0.3, 0.4) is 0 Å². The van der Waals surface area contributed by atoms with Crippen molar-refractivity contribution < 1.29 is 9.53 Å². The van der Waals surface area contributed by atoms with Crippen LogP contribution in [0.25, 0.3) is 11.0 Å². The van der Waals surface area contributed by atoms with Gasteiger partial charge in [0.25, 0.3) is 0 Å². The van der Waals surface area contributed by atoms with Gasteiger partial charge in [0.05, 0.1) is 30.0 Å². The van der Waals surface area contributed by atoms with Crippen molar-refractivity contribution in [2.75, 3.05) is 7.11 Å². The molecule has 0 spiro atoms. The number of aryl methyl sites for hydroxylation is 2. The Labute approximate surface area is 87.5 Å². The predicted molar refractivity (Wildman–Crippen MR) is 56.8 cm³/mol. The Kier molecular flexibility index (Phi) is 2.19. The first-order valence-corrected chi connectivity index (χ1v) is 4.64. The average molecular weight is 204 g/mol. The molecule has 1 aromatic carbocycles. The summed E-state index contributed by atoms with van der Waals surface area (Å²) in [6.45, 7) is 1.97. The number of esters is 1. The monoisotopic (exact) mass is 204 g/mol. The molecule has 0 saturated heterocycles. The minimum atomic E-state index is -0.330. The first-order chi connectivity index (χ1) is 7.15. The quantitative estimate of drug-likeness (QED) is 0.664. The number of aromatic nitrogens is 2. The second-order valence-corrected chi connectivity index (χ2v) is 3.47. The van der Waals surface area contributed by atoms with Crippen LogP contribution in [0.15, 0.2) is 18.5 Å². The van der Waals surface area contributed by atoms with Gasteiger partial charge < -0.3 is 9.30 Å². The van der Waals surface area contributed by atoms with E-state index in [1.165, 1.54) is 7.11 Å². The van der Waals surface area contributed by atoms with E-state index in [1.807, 2.05) is 24.6 Å². The number of ether oxygens (including phenoxy) is 1. The van der Waals surface area contributed by atoms with Crippen molar-refractivity contribution in [2.45, 2.75) is 6.92 Å². The Morgan fingerprint density at radius 1 is 1.47 bits per heavy atom. The van der Waals surface area contributed by atoms with Crippen LogP contribution in [-0.2, 0) is 11.8 Å². The summed E-state index contributed by atoms with van der Waals surface area (Å²) in [6.07, 6.45) is 1.70. The van der Waals surface area contributed by atoms with Gasteiger partial charge in [-0.3, -0.25) is 0 Å². The highest BCUT2D eigenvalue weighted by Gasteiger charge is 2.14. The van der Waals surface area contributed by atoms with E-state index in [9.17, 15) is 4.79 Å². The van der Waals surface area contributed by atoms with Gasteiger partial charge in [0.15, 0.2) is 0 Å². The van der Waals surface area contributed by atoms with E-state index in [0.717, 1.165) is 16.6 Å². The van der Waals surface area contributed by atoms with Gasteiger partial charge >= 0.3 is 5.97 Å². The van der Waals surface area contributed by atoms with Crippen LogP contribution in [0, 0.1) is 6.92 Å². The third-order valence-corrected chi connectivity index (χ3v) is 2.47. The minimum absolute atomic E-state index is 0.330. The lowest BCUT2D eigenvalue weighted by molar-refractivity contribution is 0.0602. The van der Waals surface area contributed by atoms with Gasteiger partial charge in [0.2, 0.25) is 0 Å². The van der Waals surface area contributed by atoms with Gasteiger partial charge in [0, 0.05) is 7.05 Å². The van der Waals surface area contributed by atoms with Crippen LogP contribution in [0.5, 0.6) is 0 Å². The maximum atomic E-state index is 11.5. The molecule has 0 radical (unpaired) electrons. The summed E-state index contributed by atoms with van der Waals surface area (Å²) in [6, 6.07) is 3.65. The van der Waals surface area contributed by atoms with Crippen LogP contribution in [0.1, 0.15) is 15.9 Å². The smallest absolute Gasteiger partial charge is 0.340 e. The molecule has 0 atom stereocenters. The molecule has 0 saturated carbocycles.